The molecule has 14 heteroatoms. The van der Waals surface area contributed by atoms with Crippen LogP contribution in [-0.2, 0) is 11.3 Å². The van der Waals surface area contributed by atoms with E-state index in [4.69, 9.17) is 0 Å². The van der Waals surface area contributed by atoms with Gasteiger partial charge in [0.15, 0.2) is 5.82 Å². The minimum Gasteiger partial charge on any atom is -0.356 e. The second-order valence-corrected chi connectivity index (χ2v) is 13.6. The minimum absolute atomic E-state index is 0.0434. The van der Waals surface area contributed by atoms with E-state index in [-0.39, 0.29) is 23.8 Å². The van der Waals surface area contributed by atoms with Gasteiger partial charge in [-0.1, -0.05) is 41.6 Å². The van der Waals surface area contributed by atoms with Crippen molar-refractivity contribution >= 4 is 45.1 Å². The fraction of sp³-hybridized carbons (Fsp3) is 0.297. The summed E-state index contributed by atoms with van der Waals surface area (Å²) in [6, 6.07) is 18.4. The first kappa shape index (κ1) is 30.8. The number of amides is 2. The Labute approximate surface area is 292 Å². The number of piperidine rings is 1. The average Bonchev–Trinajstić information content (AvgIpc) is 3.91. The van der Waals surface area contributed by atoms with Gasteiger partial charge in [0.2, 0.25) is 11.6 Å². The number of carbonyl (C=O) groups excluding carboxylic acids is 2. The number of anilines is 1. The molecule has 7 aromatic rings. The van der Waals surface area contributed by atoms with Gasteiger partial charge in [0, 0.05) is 72.0 Å². The number of para-hydroxylation sites is 2. The Bertz CT molecular complexity index is 2340. The van der Waals surface area contributed by atoms with Crippen molar-refractivity contribution in [2.75, 3.05) is 24.5 Å². The van der Waals surface area contributed by atoms with Gasteiger partial charge >= 0.3 is 0 Å². The smallest absolute Gasteiger partial charge is 0.253 e. The number of fused-ring (bicyclic) bond motifs is 4. The van der Waals surface area contributed by atoms with Crippen LogP contribution in [0.15, 0.2) is 91.9 Å². The van der Waals surface area contributed by atoms with Crippen LogP contribution >= 0.6 is 0 Å². The zero-order chi connectivity index (χ0) is 34.3. The van der Waals surface area contributed by atoms with Crippen LogP contribution < -0.4 is 15.5 Å². The van der Waals surface area contributed by atoms with Gasteiger partial charge in [0.05, 0.1) is 30.2 Å². The molecule has 1 saturated heterocycles. The number of carbonyl (C=O) groups is 2. The molecule has 256 valence electrons. The largest absolute Gasteiger partial charge is 0.356 e. The molecule has 14 nitrogen and oxygen atoms in total. The first-order valence-electron chi connectivity index (χ1n) is 17.4. The summed E-state index contributed by atoms with van der Waals surface area (Å²) in [6.45, 7) is 2.86. The summed E-state index contributed by atoms with van der Waals surface area (Å²) >= 11 is 0. The normalized spacial score (nSPS) is 19.0. The molecule has 51 heavy (non-hydrogen) atoms. The van der Waals surface area contributed by atoms with Gasteiger partial charge in [0.1, 0.15) is 12.0 Å². The van der Waals surface area contributed by atoms with E-state index in [0.29, 0.717) is 43.1 Å². The molecule has 1 aliphatic carbocycles. The highest BCUT2D eigenvalue weighted by molar-refractivity contribution is 6.08. The highest BCUT2D eigenvalue weighted by Gasteiger charge is 2.36. The lowest BCUT2D eigenvalue weighted by Gasteiger charge is -2.36. The number of hydrogen-bond donors (Lipinski definition) is 2. The molecule has 2 N–H and O–H groups in total. The molecule has 1 atom stereocenters. The van der Waals surface area contributed by atoms with E-state index in [2.05, 4.69) is 87.0 Å². The molecule has 1 aliphatic heterocycles. The Morgan fingerprint density at radius 1 is 0.961 bits per heavy atom. The Balaban J connectivity index is 0.781. The van der Waals surface area contributed by atoms with E-state index >= 15 is 0 Å². The number of aromatic nitrogens is 9. The molecule has 2 fully saturated rings. The summed E-state index contributed by atoms with van der Waals surface area (Å²) in [5, 5.41) is 25.7. The van der Waals surface area contributed by atoms with E-state index in [1.54, 1.807) is 35.7 Å². The van der Waals surface area contributed by atoms with Gasteiger partial charge in [-0.05, 0) is 49.8 Å². The zero-order valence-electron chi connectivity index (χ0n) is 27.8. The van der Waals surface area contributed by atoms with Gasteiger partial charge in [-0.2, -0.15) is 0 Å². The first-order valence-corrected chi connectivity index (χ1v) is 17.4. The summed E-state index contributed by atoms with van der Waals surface area (Å²) in [5.74, 6) is 0.844. The van der Waals surface area contributed by atoms with Crippen molar-refractivity contribution < 1.29 is 9.59 Å². The predicted molar refractivity (Wildman–Crippen MR) is 190 cm³/mol. The lowest BCUT2D eigenvalue weighted by Crippen LogP contribution is -2.50. The van der Waals surface area contributed by atoms with Crippen molar-refractivity contribution in [3.05, 3.63) is 103 Å². The number of pyridine rings is 1. The SMILES string of the molecule is O=C(NC1CC(C(=O)NCC2CCCN(c3nccn4cnnc34)C2)C1)c1cncc(-n2cc(Cn3c4ccccc4c4ccccc43)nn2)c1. The maximum atomic E-state index is 13.2. The molecule has 2 amide bonds. The number of hydrogen-bond acceptors (Lipinski definition) is 9. The Hall–Kier alpha value is -6.18. The molecule has 6 heterocycles. The average molecular weight is 681 g/mol. The van der Waals surface area contributed by atoms with Gasteiger partial charge in [-0.3, -0.25) is 19.0 Å². The summed E-state index contributed by atoms with van der Waals surface area (Å²) < 4.78 is 5.76. The van der Waals surface area contributed by atoms with Crippen LogP contribution in [0.1, 0.15) is 41.7 Å². The van der Waals surface area contributed by atoms with Crippen LogP contribution in [0.5, 0.6) is 0 Å². The molecule has 0 bridgehead atoms. The van der Waals surface area contributed by atoms with Crippen LogP contribution in [0.4, 0.5) is 5.82 Å². The molecule has 1 unspecified atom stereocenters. The Morgan fingerprint density at radius 2 is 1.76 bits per heavy atom. The minimum atomic E-state index is -0.225. The number of rotatable bonds is 9. The van der Waals surface area contributed by atoms with Gasteiger partial charge in [0.25, 0.3) is 5.91 Å². The molecule has 2 aromatic carbocycles. The van der Waals surface area contributed by atoms with Crippen LogP contribution in [0, 0.1) is 11.8 Å². The second kappa shape index (κ2) is 12.9. The van der Waals surface area contributed by atoms with Crippen molar-refractivity contribution in [1.82, 2.24) is 54.8 Å². The number of nitrogens with one attached hydrogen (secondary N) is 2. The third-order valence-electron chi connectivity index (χ3n) is 10.2. The van der Waals surface area contributed by atoms with Crippen LogP contribution in [-0.4, -0.2) is 81.6 Å². The number of benzene rings is 2. The Kier molecular flexibility index (Phi) is 7.82. The molecule has 2 aliphatic rings. The first-order chi connectivity index (χ1) is 25.1. The molecule has 5 aromatic heterocycles. The number of nitrogens with zero attached hydrogens (tertiary/aromatic N) is 10. The second-order valence-electron chi connectivity index (χ2n) is 13.6. The van der Waals surface area contributed by atoms with Gasteiger partial charge < -0.3 is 20.1 Å². The third kappa shape index (κ3) is 5.92. The van der Waals surface area contributed by atoms with Gasteiger partial charge in [-0.25, -0.2) is 9.67 Å². The Morgan fingerprint density at radius 3 is 2.59 bits per heavy atom. The van der Waals surface area contributed by atoms with E-state index in [9.17, 15) is 9.59 Å². The lowest BCUT2D eigenvalue weighted by molar-refractivity contribution is -0.128. The molecular formula is C37H36N12O2. The zero-order valence-corrected chi connectivity index (χ0v) is 27.8. The highest BCUT2D eigenvalue weighted by atomic mass is 16.2. The summed E-state index contributed by atoms with van der Waals surface area (Å²) in [5.41, 5.74) is 4.87. The van der Waals surface area contributed by atoms with E-state index in [1.165, 1.54) is 10.8 Å². The third-order valence-corrected chi connectivity index (χ3v) is 10.2. The van der Waals surface area contributed by atoms with E-state index < -0.39 is 0 Å². The van der Waals surface area contributed by atoms with Crippen molar-refractivity contribution in [3.8, 4) is 5.69 Å². The monoisotopic (exact) mass is 680 g/mol. The standard InChI is InChI=1S/C37H36N12O2/c50-36(40-17-24-6-5-12-46(20-24)34-35-44-41-23-47(35)13-11-39-34)25-14-27(15-25)42-37(51)26-16-29(19-38-18-26)49-22-28(43-45-49)21-48-32-9-3-1-7-30(32)31-8-2-4-10-33(31)48/h1-4,7-11,13,16,18-19,22-25,27H,5-6,12,14-15,17,20-21H2,(H,40,50)(H,42,51). The topological polar surface area (TPSA) is 153 Å². The quantitative estimate of drug-likeness (QED) is 0.232. The fourth-order valence-corrected chi connectivity index (χ4v) is 7.51. The fourth-order valence-electron chi connectivity index (χ4n) is 7.51. The summed E-state index contributed by atoms with van der Waals surface area (Å²) in [7, 11) is 0. The summed E-state index contributed by atoms with van der Waals surface area (Å²) in [4.78, 5) is 37.3. The molecule has 1 saturated carbocycles. The van der Waals surface area contributed by atoms with Gasteiger partial charge in [-0.15, -0.1) is 15.3 Å². The van der Waals surface area contributed by atoms with Crippen LogP contribution in [0.2, 0.25) is 0 Å². The van der Waals surface area contributed by atoms with Crippen LogP contribution in [0.25, 0.3) is 33.1 Å². The molecule has 0 spiro atoms. The van der Waals surface area contributed by atoms with Crippen molar-refractivity contribution in [3.63, 3.8) is 0 Å². The lowest BCUT2D eigenvalue weighted by atomic mass is 9.79. The molecule has 0 radical (unpaired) electrons. The van der Waals surface area contributed by atoms with Crippen molar-refractivity contribution in [2.45, 2.75) is 38.3 Å². The van der Waals surface area contributed by atoms with Crippen LogP contribution in [0.3, 0.4) is 0 Å². The summed E-state index contributed by atoms with van der Waals surface area (Å²) in [6.07, 6.45) is 13.6. The molecular weight excluding hydrogens is 644 g/mol. The van der Waals surface area contributed by atoms with Crippen molar-refractivity contribution in [1.29, 1.82) is 0 Å². The molecule has 9 rings (SSSR count). The van der Waals surface area contributed by atoms with E-state index in [0.717, 1.165) is 54.1 Å². The maximum absolute atomic E-state index is 13.2. The maximum Gasteiger partial charge on any atom is 0.253 e. The van der Waals surface area contributed by atoms with E-state index in [1.807, 2.05) is 28.9 Å². The predicted octanol–water partition coefficient (Wildman–Crippen LogP) is 3.80. The van der Waals surface area contributed by atoms with Crippen molar-refractivity contribution in [2.24, 2.45) is 11.8 Å². The highest BCUT2D eigenvalue weighted by Crippen LogP contribution is 2.30.